The molecule has 1 aliphatic heterocycles. The van der Waals surface area contributed by atoms with Gasteiger partial charge in [-0.1, -0.05) is 31.4 Å². The van der Waals surface area contributed by atoms with Crippen LogP contribution in [0.3, 0.4) is 0 Å². The Morgan fingerprint density at radius 1 is 1.00 bits per heavy atom. The number of carbonyl (C=O) groups is 1. The SMILES string of the molecule is O=C(C1CCCCC1)N1CCN(c2ccccc2Br)CC1. The molecule has 3 nitrogen and oxygen atoms in total. The van der Waals surface area contributed by atoms with Gasteiger partial charge in [-0.3, -0.25) is 4.79 Å². The van der Waals surface area contributed by atoms with Crippen LogP contribution in [-0.4, -0.2) is 37.0 Å². The van der Waals surface area contributed by atoms with Crippen LogP contribution in [0.5, 0.6) is 0 Å². The fourth-order valence-corrected chi connectivity index (χ4v) is 4.02. The van der Waals surface area contributed by atoms with Gasteiger partial charge in [0.2, 0.25) is 5.91 Å². The minimum atomic E-state index is 0.300. The molecule has 1 aromatic rings. The van der Waals surface area contributed by atoms with Gasteiger partial charge in [0, 0.05) is 36.6 Å². The maximum atomic E-state index is 12.6. The van der Waals surface area contributed by atoms with Crippen LogP contribution in [0.4, 0.5) is 5.69 Å². The highest BCUT2D eigenvalue weighted by Crippen LogP contribution is 2.28. The van der Waals surface area contributed by atoms with E-state index in [-0.39, 0.29) is 0 Å². The minimum absolute atomic E-state index is 0.300. The number of amides is 1. The molecule has 2 fully saturated rings. The average Bonchev–Trinajstić information content (AvgIpc) is 2.56. The summed E-state index contributed by atoms with van der Waals surface area (Å²) >= 11 is 3.62. The topological polar surface area (TPSA) is 23.6 Å². The van der Waals surface area contributed by atoms with Gasteiger partial charge < -0.3 is 9.80 Å². The summed E-state index contributed by atoms with van der Waals surface area (Å²) in [7, 11) is 0. The van der Waals surface area contributed by atoms with E-state index in [4.69, 9.17) is 0 Å². The van der Waals surface area contributed by atoms with Crippen molar-refractivity contribution in [3.8, 4) is 0 Å². The standard InChI is InChI=1S/C17H23BrN2O/c18-15-8-4-5-9-16(15)19-10-12-20(13-11-19)17(21)14-6-2-1-3-7-14/h4-5,8-9,14H,1-3,6-7,10-13H2. The first kappa shape index (κ1) is 14.9. The molecule has 1 aliphatic carbocycles. The van der Waals surface area contributed by atoms with Crippen molar-refractivity contribution >= 4 is 27.5 Å². The van der Waals surface area contributed by atoms with Gasteiger partial charge in [0.05, 0.1) is 5.69 Å². The molecule has 0 bridgehead atoms. The molecule has 0 unspecified atom stereocenters. The normalized spacial score (nSPS) is 20.6. The molecule has 0 atom stereocenters. The lowest BCUT2D eigenvalue weighted by Crippen LogP contribution is -2.50. The van der Waals surface area contributed by atoms with Gasteiger partial charge in [-0.2, -0.15) is 0 Å². The molecule has 2 aliphatic rings. The number of nitrogens with zero attached hydrogens (tertiary/aromatic N) is 2. The van der Waals surface area contributed by atoms with Crippen molar-refractivity contribution in [2.75, 3.05) is 31.1 Å². The first-order valence-electron chi connectivity index (χ1n) is 8.04. The summed E-state index contributed by atoms with van der Waals surface area (Å²) in [6.07, 6.45) is 5.97. The molecule has 0 spiro atoms. The lowest BCUT2D eigenvalue weighted by molar-refractivity contribution is -0.136. The summed E-state index contributed by atoms with van der Waals surface area (Å²) in [5.74, 6) is 0.704. The third-order valence-electron chi connectivity index (χ3n) is 4.74. The number of hydrogen-bond donors (Lipinski definition) is 0. The van der Waals surface area contributed by atoms with Crippen molar-refractivity contribution in [2.24, 2.45) is 5.92 Å². The molecule has 0 aromatic heterocycles. The van der Waals surface area contributed by atoms with Crippen LogP contribution in [0, 0.1) is 5.92 Å². The predicted molar refractivity (Wildman–Crippen MR) is 89.5 cm³/mol. The fraction of sp³-hybridized carbons (Fsp3) is 0.588. The number of halogens is 1. The lowest BCUT2D eigenvalue weighted by atomic mass is 9.88. The van der Waals surface area contributed by atoms with Crippen LogP contribution in [0.15, 0.2) is 28.7 Å². The first-order chi connectivity index (χ1) is 10.3. The van der Waals surface area contributed by atoms with E-state index in [9.17, 15) is 4.79 Å². The third-order valence-corrected chi connectivity index (χ3v) is 5.41. The second-order valence-electron chi connectivity index (χ2n) is 6.10. The Balaban J connectivity index is 1.57. The zero-order chi connectivity index (χ0) is 14.7. The molecule has 114 valence electrons. The minimum Gasteiger partial charge on any atom is -0.367 e. The quantitative estimate of drug-likeness (QED) is 0.812. The Morgan fingerprint density at radius 2 is 1.67 bits per heavy atom. The molecule has 1 saturated carbocycles. The zero-order valence-corrected chi connectivity index (χ0v) is 14.0. The monoisotopic (exact) mass is 350 g/mol. The Hall–Kier alpha value is -1.03. The van der Waals surface area contributed by atoms with E-state index in [1.807, 2.05) is 6.07 Å². The van der Waals surface area contributed by atoms with E-state index in [1.54, 1.807) is 0 Å². The number of para-hydroxylation sites is 1. The number of hydrogen-bond acceptors (Lipinski definition) is 2. The Labute approximate surface area is 135 Å². The first-order valence-corrected chi connectivity index (χ1v) is 8.83. The fourth-order valence-electron chi connectivity index (χ4n) is 3.48. The van der Waals surface area contributed by atoms with Crippen LogP contribution in [0.2, 0.25) is 0 Å². The smallest absolute Gasteiger partial charge is 0.225 e. The number of carbonyl (C=O) groups excluding carboxylic acids is 1. The van der Waals surface area contributed by atoms with Crippen molar-refractivity contribution in [3.05, 3.63) is 28.7 Å². The van der Waals surface area contributed by atoms with Gasteiger partial charge in [-0.05, 0) is 40.9 Å². The van der Waals surface area contributed by atoms with Crippen molar-refractivity contribution in [1.29, 1.82) is 0 Å². The Morgan fingerprint density at radius 3 is 2.33 bits per heavy atom. The predicted octanol–water partition coefficient (Wildman–Crippen LogP) is 3.68. The average molecular weight is 351 g/mol. The second kappa shape index (κ2) is 6.82. The molecular weight excluding hydrogens is 328 g/mol. The summed E-state index contributed by atoms with van der Waals surface area (Å²) in [6, 6.07) is 8.33. The molecule has 1 aromatic carbocycles. The van der Waals surface area contributed by atoms with E-state index in [0.29, 0.717) is 11.8 Å². The molecule has 0 N–H and O–H groups in total. The molecule has 21 heavy (non-hydrogen) atoms. The third kappa shape index (κ3) is 3.42. The summed E-state index contributed by atoms with van der Waals surface area (Å²) in [5.41, 5.74) is 1.24. The molecule has 1 saturated heterocycles. The lowest BCUT2D eigenvalue weighted by Gasteiger charge is -2.38. The Kier molecular flexibility index (Phi) is 4.84. The largest absolute Gasteiger partial charge is 0.367 e. The van der Waals surface area contributed by atoms with Crippen LogP contribution >= 0.6 is 15.9 Å². The zero-order valence-electron chi connectivity index (χ0n) is 12.4. The van der Waals surface area contributed by atoms with Gasteiger partial charge >= 0.3 is 0 Å². The molecule has 1 amide bonds. The molecule has 1 heterocycles. The van der Waals surface area contributed by atoms with E-state index in [1.165, 1.54) is 24.9 Å². The van der Waals surface area contributed by atoms with Gasteiger partial charge in [-0.15, -0.1) is 0 Å². The highest BCUT2D eigenvalue weighted by molar-refractivity contribution is 9.10. The summed E-state index contributed by atoms with van der Waals surface area (Å²) in [4.78, 5) is 17.0. The van der Waals surface area contributed by atoms with Crippen LogP contribution in [-0.2, 0) is 4.79 Å². The number of benzene rings is 1. The van der Waals surface area contributed by atoms with E-state index in [0.717, 1.165) is 43.5 Å². The van der Waals surface area contributed by atoms with Crippen molar-refractivity contribution in [2.45, 2.75) is 32.1 Å². The number of rotatable bonds is 2. The molecular formula is C17H23BrN2O. The van der Waals surface area contributed by atoms with Crippen LogP contribution < -0.4 is 4.90 Å². The molecule has 3 rings (SSSR count). The highest BCUT2D eigenvalue weighted by atomic mass is 79.9. The molecule has 4 heteroatoms. The van der Waals surface area contributed by atoms with Crippen molar-refractivity contribution in [3.63, 3.8) is 0 Å². The number of anilines is 1. The summed E-state index contributed by atoms with van der Waals surface area (Å²) < 4.78 is 1.14. The van der Waals surface area contributed by atoms with Gasteiger partial charge in [0.15, 0.2) is 0 Å². The van der Waals surface area contributed by atoms with Crippen molar-refractivity contribution in [1.82, 2.24) is 4.90 Å². The van der Waals surface area contributed by atoms with Gasteiger partial charge in [0.1, 0.15) is 0 Å². The van der Waals surface area contributed by atoms with E-state index in [2.05, 4.69) is 43.9 Å². The van der Waals surface area contributed by atoms with Crippen LogP contribution in [0.25, 0.3) is 0 Å². The number of piperazine rings is 1. The van der Waals surface area contributed by atoms with Gasteiger partial charge in [0.25, 0.3) is 0 Å². The van der Waals surface area contributed by atoms with E-state index >= 15 is 0 Å². The van der Waals surface area contributed by atoms with E-state index < -0.39 is 0 Å². The Bertz CT molecular complexity index is 491. The second-order valence-corrected chi connectivity index (χ2v) is 6.95. The maximum Gasteiger partial charge on any atom is 0.225 e. The highest BCUT2D eigenvalue weighted by Gasteiger charge is 2.28. The van der Waals surface area contributed by atoms with Gasteiger partial charge in [-0.25, -0.2) is 0 Å². The molecule has 0 radical (unpaired) electrons. The summed E-state index contributed by atoms with van der Waals surface area (Å²) in [5, 5.41) is 0. The van der Waals surface area contributed by atoms with Crippen molar-refractivity contribution < 1.29 is 4.79 Å². The maximum absolute atomic E-state index is 12.6. The summed E-state index contributed by atoms with van der Waals surface area (Å²) in [6.45, 7) is 3.58. The van der Waals surface area contributed by atoms with Crippen LogP contribution in [0.1, 0.15) is 32.1 Å².